The van der Waals surface area contributed by atoms with Crippen molar-refractivity contribution < 1.29 is 22.7 Å². The van der Waals surface area contributed by atoms with Crippen LogP contribution in [0.25, 0.3) is 0 Å². The lowest BCUT2D eigenvalue weighted by atomic mass is 9.98. The van der Waals surface area contributed by atoms with Gasteiger partial charge in [0, 0.05) is 0 Å². The Kier molecular flexibility index (Phi) is 6.18. The zero-order valence-corrected chi connectivity index (χ0v) is 17.3. The van der Waals surface area contributed by atoms with E-state index < -0.39 is 32.9 Å². The number of sulfone groups is 1. The number of ether oxygens (including phenoxy) is 2. The maximum atomic E-state index is 13.2. The topological polar surface area (TPSA) is 136 Å². The summed E-state index contributed by atoms with van der Waals surface area (Å²) >= 11 is 0. The van der Waals surface area contributed by atoms with Crippen LogP contribution in [0.4, 0.5) is 4.79 Å². The monoisotopic (exact) mass is 423 g/mol. The van der Waals surface area contributed by atoms with Crippen LogP contribution in [0.15, 0.2) is 35.5 Å². The van der Waals surface area contributed by atoms with Gasteiger partial charge in [-0.2, -0.15) is 5.21 Å². The fraction of sp³-hybridized carbons (Fsp3) is 0.556. The van der Waals surface area contributed by atoms with Crippen LogP contribution in [0.5, 0.6) is 0 Å². The Morgan fingerprint density at radius 1 is 1.28 bits per heavy atom. The van der Waals surface area contributed by atoms with E-state index in [4.69, 9.17) is 9.47 Å². The third-order valence-corrected chi connectivity index (χ3v) is 6.34. The number of amides is 1. The molecule has 29 heavy (non-hydrogen) atoms. The number of benzene rings is 1. The van der Waals surface area contributed by atoms with Crippen LogP contribution in [0.2, 0.25) is 0 Å². The van der Waals surface area contributed by atoms with E-state index in [-0.39, 0.29) is 17.8 Å². The number of carbonyl (C=O) groups is 1. The van der Waals surface area contributed by atoms with Crippen molar-refractivity contribution in [2.75, 3.05) is 6.61 Å². The second-order valence-corrected chi connectivity index (χ2v) is 9.83. The molecule has 3 unspecified atom stereocenters. The number of carbonyl (C=O) groups excluding carboxylic acids is 1. The summed E-state index contributed by atoms with van der Waals surface area (Å²) < 4.78 is 37.5. The van der Waals surface area contributed by atoms with Crippen molar-refractivity contribution in [3.05, 3.63) is 35.9 Å². The zero-order chi connectivity index (χ0) is 21.1. The van der Waals surface area contributed by atoms with Crippen LogP contribution >= 0.6 is 0 Å². The summed E-state index contributed by atoms with van der Waals surface area (Å²) in [4.78, 5) is 12.0. The van der Waals surface area contributed by atoms with E-state index >= 15 is 0 Å². The number of hydrogen-bond acceptors (Lipinski definition) is 8. The maximum absolute atomic E-state index is 13.2. The van der Waals surface area contributed by atoms with E-state index in [1.54, 1.807) is 45.0 Å². The summed E-state index contributed by atoms with van der Waals surface area (Å²) in [5, 5.41) is 14.3. The first kappa shape index (κ1) is 21.2. The van der Waals surface area contributed by atoms with Crippen LogP contribution in [-0.2, 0) is 19.3 Å². The standard InChI is InChI=1S/C18H25N5O5S/c1-18(2,3)28-17(24)19-13-9-10-14(27-11-13)15(12-7-5-4-6-8-12)29(25,26)16-20-22-23-21-16/h4-8,13-15H,9-11H2,1-3H3,(H,19,24)(H,20,21,22,23). The molecule has 3 atom stereocenters. The average molecular weight is 423 g/mol. The fourth-order valence-electron chi connectivity index (χ4n) is 3.22. The Morgan fingerprint density at radius 2 is 2.00 bits per heavy atom. The van der Waals surface area contributed by atoms with Crippen molar-refractivity contribution in [2.45, 2.75) is 61.8 Å². The smallest absolute Gasteiger partial charge is 0.407 e. The lowest BCUT2D eigenvalue weighted by Gasteiger charge is -2.34. The number of alkyl carbamates (subject to hydrolysis) is 1. The third-order valence-electron chi connectivity index (χ3n) is 4.41. The molecule has 2 N–H and O–H groups in total. The Labute approximate surface area is 169 Å². The summed E-state index contributed by atoms with van der Waals surface area (Å²) in [6, 6.07) is 8.55. The maximum Gasteiger partial charge on any atom is 0.407 e. The number of H-pyrrole nitrogens is 1. The molecule has 11 heteroatoms. The molecule has 1 aromatic heterocycles. The Hall–Kier alpha value is -2.53. The fourth-order valence-corrected chi connectivity index (χ4v) is 4.90. The number of nitrogens with one attached hydrogen (secondary N) is 2. The summed E-state index contributed by atoms with van der Waals surface area (Å²) in [5.41, 5.74) is -0.0139. The molecule has 0 radical (unpaired) electrons. The van der Waals surface area contributed by atoms with Gasteiger partial charge in [-0.05, 0) is 44.4 Å². The number of aromatic nitrogens is 4. The van der Waals surface area contributed by atoms with E-state index in [2.05, 4.69) is 25.9 Å². The van der Waals surface area contributed by atoms with Gasteiger partial charge in [-0.15, -0.1) is 5.10 Å². The minimum atomic E-state index is -3.93. The quantitative estimate of drug-likeness (QED) is 0.743. The molecule has 1 aromatic carbocycles. The lowest BCUT2D eigenvalue weighted by molar-refractivity contribution is -0.0101. The van der Waals surface area contributed by atoms with Gasteiger partial charge in [0.1, 0.15) is 10.9 Å². The summed E-state index contributed by atoms with van der Waals surface area (Å²) in [6.07, 6.45) is -0.160. The van der Waals surface area contributed by atoms with Crippen molar-refractivity contribution in [2.24, 2.45) is 0 Å². The second-order valence-electron chi connectivity index (χ2n) is 7.86. The van der Waals surface area contributed by atoms with Gasteiger partial charge >= 0.3 is 6.09 Å². The molecule has 158 valence electrons. The van der Waals surface area contributed by atoms with Crippen molar-refractivity contribution in [3.8, 4) is 0 Å². The van der Waals surface area contributed by atoms with E-state index in [1.807, 2.05) is 6.07 Å². The first-order chi connectivity index (χ1) is 13.7. The molecule has 1 fully saturated rings. The Morgan fingerprint density at radius 3 is 2.55 bits per heavy atom. The molecule has 0 spiro atoms. The lowest BCUT2D eigenvalue weighted by Crippen LogP contribution is -2.46. The van der Waals surface area contributed by atoms with Crippen molar-refractivity contribution in [1.29, 1.82) is 0 Å². The van der Waals surface area contributed by atoms with Crippen LogP contribution in [0.1, 0.15) is 44.4 Å². The van der Waals surface area contributed by atoms with Gasteiger partial charge in [0.25, 0.3) is 5.16 Å². The largest absolute Gasteiger partial charge is 0.444 e. The van der Waals surface area contributed by atoms with Gasteiger partial charge in [-0.3, -0.25) is 0 Å². The molecule has 1 aliphatic heterocycles. The molecule has 0 aliphatic carbocycles. The molecule has 2 aromatic rings. The second kappa shape index (κ2) is 8.46. The summed E-state index contributed by atoms with van der Waals surface area (Å²) in [7, 11) is -3.93. The normalized spacial score (nSPS) is 21.3. The predicted molar refractivity (Wildman–Crippen MR) is 103 cm³/mol. The average Bonchev–Trinajstić information content (AvgIpc) is 3.18. The third kappa shape index (κ3) is 5.30. The molecule has 10 nitrogen and oxygen atoms in total. The molecule has 3 rings (SSSR count). The van der Waals surface area contributed by atoms with Crippen LogP contribution < -0.4 is 5.32 Å². The van der Waals surface area contributed by atoms with E-state index in [0.717, 1.165) is 0 Å². The molecule has 0 saturated carbocycles. The SMILES string of the molecule is CC(C)(C)OC(=O)NC1CCC(C(c2ccccc2)S(=O)(=O)c2nn[nH]n2)OC1. The van der Waals surface area contributed by atoms with Gasteiger partial charge < -0.3 is 14.8 Å². The first-order valence-corrected chi connectivity index (χ1v) is 10.8. The number of tetrazole rings is 1. The van der Waals surface area contributed by atoms with E-state index in [1.165, 1.54) is 0 Å². The highest BCUT2D eigenvalue weighted by Gasteiger charge is 2.41. The molecular weight excluding hydrogens is 398 g/mol. The molecule has 1 aliphatic rings. The highest BCUT2D eigenvalue weighted by molar-refractivity contribution is 7.91. The summed E-state index contributed by atoms with van der Waals surface area (Å²) in [5.74, 6) is 0. The van der Waals surface area contributed by atoms with Crippen molar-refractivity contribution in [1.82, 2.24) is 25.9 Å². The van der Waals surface area contributed by atoms with Crippen molar-refractivity contribution in [3.63, 3.8) is 0 Å². The first-order valence-electron chi connectivity index (χ1n) is 9.30. The van der Waals surface area contributed by atoms with Gasteiger partial charge in [0.15, 0.2) is 0 Å². The number of hydrogen-bond donors (Lipinski definition) is 2. The van der Waals surface area contributed by atoms with E-state index in [0.29, 0.717) is 18.4 Å². The highest BCUT2D eigenvalue weighted by atomic mass is 32.2. The van der Waals surface area contributed by atoms with Gasteiger partial charge in [0.05, 0.1) is 18.8 Å². The van der Waals surface area contributed by atoms with Crippen LogP contribution in [0, 0.1) is 0 Å². The minimum Gasteiger partial charge on any atom is -0.444 e. The molecule has 1 amide bonds. The van der Waals surface area contributed by atoms with E-state index in [9.17, 15) is 13.2 Å². The van der Waals surface area contributed by atoms with Crippen molar-refractivity contribution >= 4 is 15.9 Å². The van der Waals surface area contributed by atoms with Crippen LogP contribution in [-0.4, -0.2) is 59.5 Å². The van der Waals surface area contributed by atoms with Crippen LogP contribution in [0.3, 0.4) is 0 Å². The minimum absolute atomic E-state index is 0.176. The molecule has 0 bridgehead atoms. The Bertz CT molecular complexity index is 904. The van der Waals surface area contributed by atoms with Gasteiger partial charge in [-0.1, -0.05) is 35.4 Å². The summed E-state index contributed by atoms with van der Waals surface area (Å²) in [6.45, 7) is 5.53. The highest BCUT2D eigenvalue weighted by Crippen LogP contribution is 2.35. The number of rotatable bonds is 5. The number of aromatic amines is 1. The predicted octanol–water partition coefficient (Wildman–Crippen LogP) is 1.79. The number of nitrogens with zero attached hydrogens (tertiary/aromatic N) is 3. The van der Waals surface area contributed by atoms with Gasteiger partial charge in [-0.25, -0.2) is 13.2 Å². The molecule has 2 heterocycles. The Balaban J connectivity index is 1.74. The zero-order valence-electron chi connectivity index (χ0n) is 16.5. The molecule has 1 saturated heterocycles. The van der Waals surface area contributed by atoms with Gasteiger partial charge in [0.2, 0.25) is 9.84 Å². The molecular formula is C18H25N5O5S.